The third-order valence-electron chi connectivity index (χ3n) is 3.22. The largest absolute Gasteiger partial charge is 0.367 e. The van der Waals surface area contributed by atoms with E-state index in [0.29, 0.717) is 6.61 Å². The minimum absolute atomic E-state index is 0.00863. The molecule has 2 rings (SSSR count). The highest BCUT2D eigenvalue weighted by Gasteiger charge is 2.12. The lowest BCUT2D eigenvalue weighted by Gasteiger charge is -2.19. The Kier molecular flexibility index (Phi) is 6.71. The lowest BCUT2D eigenvalue weighted by atomic mass is 10.1. The zero-order valence-corrected chi connectivity index (χ0v) is 14.3. The second-order valence-electron chi connectivity index (χ2n) is 4.75. The lowest BCUT2D eigenvalue weighted by Crippen LogP contribution is -2.23. The number of benzene rings is 2. The van der Waals surface area contributed by atoms with Gasteiger partial charge < -0.3 is 10.1 Å². The smallest absolute Gasteiger partial charge is 0.0953 e. The molecule has 1 N–H and O–H groups in total. The highest BCUT2D eigenvalue weighted by atomic mass is 79.9. The van der Waals surface area contributed by atoms with Crippen LogP contribution < -0.4 is 5.32 Å². The summed E-state index contributed by atoms with van der Waals surface area (Å²) in [6, 6.07) is 16.0. The summed E-state index contributed by atoms with van der Waals surface area (Å²) in [5.41, 5.74) is 2.17. The summed E-state index contributed by atoms with van der Waals surface area (Å²) in [6.07, 6.45) is 0.00863. The summed E-state index contributed by atoms with van der Waals surface area (Å²) >= 11 is 9.64. The Hall–Kier alpha value is -0.870. The standard InChI is InChI=1S/C17H19BrClNO/c1-2-20-11-17(13-7-9-15(18)10-8-13)21-12-14-5-3-4-6-16(14)19/h3-10,17,20H,2,11-12H2,1H3. The molecule has 0 aromatic heterocycles. The fourth-order valence-corrected chi connectivity index (χ4v) is 2.49. The maximum absolute atomic E-state index is 6.18. The van der Waals surface area contributed by atoms with Gasteiger partial charge in [0.05, 0.1) is 12.7 Å². The zero-order chi connectivity index (χ0) is 15.1. The Morgan fingerprint density at radius 3 is 2.52 bits per heavy atom. The molecule has 0 aliphatic heterocycles. The molecule has 0 spiro atoms. The molecule has 0 amide bonds. The van der Waals surface area contributed by atoms with Crippen LogP contribution in [-0.4, -0.2) is 13.1 Å². The van der Waals surface area contributed by atoms with Gasteiger partial charge in [0.1, 0.15) is 0 Å². The van der Waals surface area contributed by atoms with Crippen LogP contribution in [0.1, 0.15) is 24.2 Å². The molecule has 21 heavy (non-hydrogen) atoms. The Balaban J connectivity index is 2.06. The molecule has 0 fully saturated rings. The van der Waals surface area contributed by atoms with Crippen LogP contribution in [0.3, 0.4) is 0 Å². The van der Waals surface area contributed by atoms with Crippen molar-refractivity contribution in [1.29, 1.82) is 0 Å². The fourth-order valence-electron chi connectivity index (χ4n) is 2.03. The summed E-state index contributed by atoms with van der Waals surface area (Å²) in [4.78, 5) is 0. The van der Waals surface area contributed by atoms with Crippen LogP contribution in [0.25, 0.3) is 0 Å². The Labute approximate surface area is 139 Å². The monoisotopic (exact) mass is 367 g/mol. The molecule has 0 radical (unpaired) electrons. The number of hydrogen-bond acceptors (Lipinski definition) is 2. The van der Waals surface area contributed by atoms with E-state index in [4.69, 9.17) is 16.3 Å². The predicted octanol–water partition coefficient (Wildman–Crippen LogP) is 4.97. The SMILES string of the molecule is CCNCC(OCc1ccccc1Cl)c1ccc(Br)cc1. The number of nitrogens with one attached hydrogen (secondary N) is 1. The number of hydrogen-bond donors (Lipinski definition) is 1. The van der Waals surface area contributed by atoms with Gasteiger partial charge in [-0.15, -0.1) is 0 Å². The Morgan fingerprint density at radius 2 is 1.86 bits per heavy atom. The number of halogens is 2. The van der Waals surface area contributed by atoms with Gasteiger partial charge in [0.2, 0.25) is 0 Å². The molecule has 0 saturated carbocycles. The average molecular weight is 369 g/mol. The van der Waals surface area contributed by atoms with E-state index in [1.807, 2.05) is 36.4 Å². The third kappa shape index (κ3) is 5.11. The van der Waals surface area contributed by atoms with Gasteiger partial charge in [-0.2, -0.15) is 0 Å². The van der Waals surface area contributed by atoms with E-state index in [2.05, 4.69) is 40.3 Å². The zero-order valence-electron chi connectivity index (χ0n) is 12.0. The van der Waals surface area contributed by atoms with Crippen molar-refractivity contribution >= 4 is 27.5 Å². The molecule has 0 aliphatic carbocycles. The molecule has 0 saturated heterocycles. The van der Waals surface area contributed by atoms with Crippen molar-refractivity contribution in [3.8, 4) is 0 Å². The molecule has 0 bridgehead atoms. The van der Waals surface area contributed by atoms with E-state index < -0.39 is 0 Å². The second kappa shape index (κ2) is 8.54. The van der Waals surface area contributed by atoms with Crippen molar-refractivity contribution in [2.45, 2.75) is 19.6 Å². The lowest BCUT2D eigenvalue weighted by molar-refractivity contribution is 0.0402. The Morgan fingerprint density at radius 1 is 1.14 bits per heavy atom. The van der Waals surface area contributed by atoms with Crippen LogP contribution in [-0.2, 0) is 11.3 Å². The van der Waals surface area contributed by atoms with Gasteiger partial charge in [-0.05, 0) is 35.9 Å². The first kappa shape index (κ1) is 16.5. The summed E-state index contributed by atoms with van der Waals surface area (Å²) in [7, 11) is 0. The van der Waals surface area contributed by atoms with E-state index in [1.54, 1.807) is 0 Å². The summed E-state index contributed by atoms with van der Waals surface area (Å²) in [5, 5.41) is 4.09. The minimum atomic E-state index is 0.00863. The van der Waals surface area contributed by atoms with Gasteiger partial charge in [-0.3, -0.25) is 0 Å². The predicted molar refractivity (Wildman–Crippen MR) is 91.7 cm³/mol. The molecule has 2 nitrogen and oxygen atoms in total. The topological polar surface area (TPSA) is 21.3 Å². The second-order valence-corrected chi connectivity index (χ2v) is 6.07. The summed E-state index contributed by atoms with van der Waals surface area (Å²) < 4.78 is 7.14. The first-order chi connectivity index (χ1) is 10.2. The first-order valence-corrected chi connectivity index (χ1v) is 8.19. The molecule has 0 aliphatic rings. The molecule has 2 aromatic rings. The third-order valence-corrected chi connectivity index (χ3v) is 4.12. The molecule has 0 heterocycles. The number of likely N-dealkylation sites (N-methyl/N-ethyl adjacent to an activating group) is 1. The van der Waals surface area contributed by atoms with E-state index in [1.165, 1.54) is 0 Å². The maximum Gasteiger partial charge on any atom is 0.0953 e. The van der Waals surface area contributed by atoms with Gasteiger partial charge in [-0.1, -0.05) is 64.8 Å². The van der Waals surface area contributed by atoms with E-state index in [9.17, 15) is 0 Å². The van der Waals surface area contributed by atoms with Crippen LogP contribution in [0.5, 0.6) is 0 Å². The normalized spacial score (nSPS) is 12.3. The van der Waals surface area contributed by atoms with E-state index in [0.717, 1.165) is 33.7 Å². The van der Waals surface area contributed by atoms with Gasteiger partial charge in [0.25, 0.3) is 0 Å². The van der Waals surface area contributed by atoms with Crippen molar-refractivity contribution in [2.24, 2.45) is 0 Å². The van der Waals surface area contributed by atoms with Gasteiger partial charge in [0.15, 0.2) is 0 Å². The van der Waals surface area contributed by atoms with Gasteiger partial charge in [-0.25, -0.2) is 0 Å². The molecule has 112 valence electrons. The summed E-state index contributed by atoms with van der Waals surface area (Å²) in [5.74, 6) is 0. The number of rotatable bonds is 7. The quantitative estimate of drug-likeness (QED) is 0.745. The van der Waals surface area contributed by atoms with Crippen LogP contribution in [0.2, 0.25) is 5.02 Å². The molecule has 1 atom stereocenters. The van der Waals surface area contributed by atoms with E-state index in [-0.39, 0.29) is 6.10 Å². The van der Waals surface area contributed by atoms with Crippen molar-refractivity contribution in [3.05, 3.63) is 69.2 Å². The van der Waals surface area contributed by atoms with Crippen LogP contribution in [0.4, 0.5) is 0 Å². The molecular weight excluding hydrogens is 350 g/mol. The fraction of sp³-hybridized carbons (Fsp3) is 0.294. The van der Waals surface area contributed by atoms with Crippen molar-refractivity contribution in [2.75, 3.05) is 13.1 Å². The van der Waals surface area contributed by atoms with Crippen LogP contribution in [0.15, 0.2) is 53.0 Å². The average Bonchev–Trinajstić information content (AvgIpc) is 2.50. The minimum Gasteiger partial charge on any atom is -0.367 e. The highest BCUT2D eigenvalue weighted by molar-refractivity contribution is 9.10. The summed E-state index contributed by atoms with van der Waals surface area (Å²) in [6.45, 7) is 4.30. The Bertz CT molecular complexity index is 559. The molecular formula is C17H19BrClNO. The van der Waals surface area contributed by atoms with Crippen LogP contribution in [0, 0.1) is 0 Å². The van der Waals surface area contributed by atoms with Crippen molar-refractivity contribution in [3.63, 3.8) is 0 Å². The van der Waals surface area contributed by atoms with Crippen LogP contribution >= 0.6 is 27.5 Å². The van der Waals surface area contributed by atoms with Crippen molar-refractivity contribution in [1.82, 2.24) is 5.32 Å². The van der Waals surface area contributed by atoms with E-state index >= 15 is 0 Å². The van der Waals surface area contributed by atoms with Crippen molar-refractivity contribution < 1.29 is 4.74 Å². The number of ether oxygens (including phenoxy) is 1. The molecule has 2 aromatic carbocycles. The molecule has 4 heteroatoms. The van der Waals surface area contributed by atoms with Gasteiger partial charge >= 0.3 is 0 Å². The van der Waals surface area contributed by atoms with Gasteiger partial charge in [0, 0.05) is 16.0 Å². The maximum atomic E-state index is 6.18. The molecule has 1 unspecified atom stereocenters. The first-order valence-electron chi connectivity index (χ1n) is 7.02. The highest BCUT2D eigenvalue weighted by Crippen LogP contribution is 2.23.